The van der Waals surface area contributed by atoms with Crippen LogP contribution in [-0.4, -0.2) is 12.6 Å². The lowest BCUT2D eigenvalue weighted by atomic mass is 9.59. The first-order valence-corrected chi connectivity index (χ1v) is 9.40. The topological polar surface area (TPSA) is 26.3 Å². The van der Waals surface area contributed by atoms with Crippen molar-refractivity contribution in [2.75, 3.05) is 6.61 Å². The first-order chi connectivity index (χ1) is 10.2. The number of unbranched alkanes of at least 4 members (excludes halogenated alkanes) is 6. The number of hydrogen-bond acceptors (Lipinski definition) is 2. The molecule has 122 valence electrons. The summed E-state index contributed by atoms with van der Waals surface area (Å²) in [6.45, 7) is 2.89. The zero-order valence-corrected chi connectivity index (χ0v) is 14.0. The van der Waals surface area contributed by atoms with Crippen LogP contribution in [0.25, 0.3) is 0 Å². The van der Waals surface area contributed by atoms with Gasteiger partial charge in [0.2, 0.25) is 0 Å². The van der Waals surface area contributed by atoms with Crippen LogP contribution >= 0.6 is 0 Å². The van der Waals surface area contributed by atoms with E-state index in [-0.39, 0.29) is 5.97 Å². The Morgan fingerprint density at radius 2 is 1.52 bits per heavy atom. The van der Waals surface area contributed by atoms with Crippen LogP contribution in [0, 0.1) is 11.3 Å². The van der Waals surface area contributed by atoms with E-state index in [0.717, 1.165) is 12.3 Å². The molecule has 2 nitrogen and oxygen atoms in total. The summed E-state index contributed by atoms with van der Waals surface area (Å²) in [5, 5.41) is 0. The maximum atomic E-state index is 12.0. The second kappa shape index (κ2) is 8.80. The predicted octanol–water partition coefficient (Wildman–Crippen LogP) is 5.64. The van der Waals surface area contributed by atoms with Crippen LogP contribution in [0.4, 0.5) is 0 Å². The van der Waals surface area contributed by atoms with Crippen molar-refractivity contribution in [3.63, 3.8) is 0 Å². The number of rotatable bonds is 10. The number of ether oxygens (including phenoxy) is 1. The van der Waals surface area contributed by atoms with Crippen molar-refractivity contribution in [1.29, 1.82) is 0 Å². The average Bonchev–Trinajstić information content (AvgIpc) is 2.51. The van der Waals surface area contributed by atoms with Crippen molar-refractivity contribution in [2.45, 2.75) is 96.8 Å². The fraction of sp³-hybridized carbons (Fsp3) is 0.947. The van der Waals surface area contributed by atoms with Crippen molar-refractivity contribution in [1.82, 2.24) is 0 Å². The molecule has 3 aliphatic rings. The molecule has 2 heteroatoms. The molecule has 0 aromatic carbocycles. The monoisotopic (exact) mass is 294 g/mol. The van der Waals surface area contributed by atoms with Crippen LogP contribution in [-0.2, 0) is 9.53 Å². The fourth-order valence-electron chi connectivity index (χ4n) is 4.21. The van der Waals surface area contributed by atoms with Gasteiger partial charge in [-0.1, -0.05) is 45.4 Å². The van der Waals surface area contributed by atoms with Crippen LogP contribution in [0.1, 0.15) is 96.8 Å². The molecular weight excluding hydrogens is 260 g/mol. The number of hydrogen-bond donors (Lipinski definition) is 0. The molecule has 0 radical (unpaired) electrons. The van der Waals surface area contributed by atoms with Gasteiger partial charge >= 0.3 is 5.97 Å². The summed E-state index contributed by atoms with van der Waals surface area (Å²) in [5.74, 6) is 1.04. The Morgan fingerprint density at radius 3 is 2.14 bits per heavy atom. The smallest absolute Gasteiger partial charge is 0.306 e. The van der Waals surface area contributed by atoms with E-state index in [0.29, 0.717) is 18.4 Å². The Bertz CT molecular complexity index is 289. The van der Waals surface area contributed by atoms with Crippen molar-refractivity contribution < 1.29 is 9.53 Å². The fourth-order valence-corrected chi connectivity index (χ4v) is 4.21. The van der Waals surface area contributed by atoms with Gasteiger partial charge in [-0.3, -0.25) is 4.79 Å². The van der Waals surface area contributed by atoms with Crippen LogP contribution in [0.15, 0.2) is 0 Å². The minimum atomic E-state index is 0.0707. The van der Waals surface area contributed by atoms with Crippen LogP contribution in [0.3, 0.4) is 0 Å². The van der Waals surface area contributed by atoms with E-state index in [2.05, 4.69) is 6.92 Å². The average molecular weight is 294 g/mol. The molecular formula is C19H34O2. The van der Waals surface area contributed by atoms with Crippen LogP contribution in [0.2, 0.25) is 0 Å². The van der Waals surface area contributed by atoms with Gasteiger partial charge in [-0.05, 0) is 56.3 Å². The van der Waals surface area contributed by atoms with Crippen LogP contribution in [0.5, 0.6) is 0 Å². The molecule has 3 fully saturated rings. The molecule has 3 aliphatic carbocycles. The molecule has 0 amide bonds. The number of carbonyl (C=O) groups excluding carboxylic acids is 1. The first-order valence-electron chi connectivity index (χ1n) is 9.40. The highest BCUT2D eigenvalue weighted by Gasteiger charge is 2.41. The van der Waals surface area contributed by atoms with E-state index in [9.17, 15) is 4.79 Å². The van der Waals surface area contributed by atoms with Gasteiger partial charge in [0.15, 0.2) is 0 Å². The van der Waals surface area contributed by atoms with Crippen molar-refractivity contribution in [2.24, 2.45) is 11.3 Å². The summed E-state index contributed by atoms with van der Waals surface area (Å²) in [7, 11) is 0. The molecule has 3 saturated carbocycles. The molecule has 0 saturated heterocycles. The SMILES string of the molecule is CCCCCCCCCOC(=O)CC12CCC(CC1)CC2. The summed E-state index contributed by atoms with van der Waals surface area (Å²) >= 11 is 0. The normalized spacial score (nSPS) is 27.8. The van der Waals surface area contributed by atoms with Crippen molar-refractivity contribution in [3.05, 3.63) is 0 Å². The molecule has 0 aliphatic heterocycles. The quantitative estimate of drug-likeness (QED) is 0.385. The Balaban J connectivity index is 1.50. The molecule has 0 N–H and O–H groups in total. The van der Waals surface area contributed by atoms with E-state index in [1.165, 1.54) is 77.0 Å². The number of fused-ring (bicyclic) bond motifs is 3. The molecule has 0 spiro atoms. The van der Waals surface area contributed by atoms with Gasteiger partial charge in [0, 0.05) is 0 Å². The lowest BCUT2D eigenvalue weighted by molar-refractivity contribution is -0.148. The molecule has 0 aromatic heterocycles. The van der Waals surface area contributed by atoms with Crippen molar-refractivity contribution in [3.8, 4) is 0 Å². The largest absolute Gasteiger partial charge is 0.466 e. The van der Waals surface area contributed by atoms with E-state index in [4.69, 9.17) is 4.74 Å². The maximum Gasteiger partial charge on any atom is 0.306 e. The Labute approximate surface area is 131 Å². The molecule has 21 heavy (non-hydrogen) atoms. The molecule has 0 atom stereocenters. The molecule has 0 unspecified atom stereocenters. The third kappa shape index (κ3) is 5.64. The second-order valence-corrected chi connectivity index (χ2v) is 7.50. The summed E-state index contributed by atoms with van der Waals surface area (Å²) in [4.78, 5) is 12.0. The highest BCUT2D eigenvalue weighted by molar-refractivity contribution is 5.70. The summed E-state index contributed by atoms with van der Waals surface area (Å²) in [6.07, 6.45) is 17.5. The lowest BCUT2D eigenvalue weighted by Gasteiger charge is -2.46. The third-order valence-electron chi connectivity index (χ3n) is 5.78. The van der Waals surface area contributed by atoms with Crippen LogP contribution < -0.4 is 0 Å². The van der Waals surface area contributed by atoms with Gasteiger partial charge in [-0.15, -0.1) is 0 Å². The van der Waals surface area contributed by atoms with Gasteiger partial charge in [0.25, 0.3) is 0 Å². The van der Waals surface area contributed by atoms with Crippen molar-refractivity contribution >= 4 is 5.97 Å². The van der Waals surface area contributed by atoms with E-state index < -0.39 is 0 Å². The summed E-state index contributed by atoms with van der Waals surface area (Å²) in [5.41, 5.74) is 0.325. The third-order valence-corrected chi connectivity index (χ3v) is 5.78. The highest BCUT2D eigenvalue weighted by Crippen LogP contribution is 2.52. The zero-order valence-electron chi connectivity index (χ0n) is 14.0. The van der Waals surface area contributed by atoms with Gasteiger partial charge < -0.3 is 4.74 Å². The Kier molecular flexibility index (Phi) is 7.06. The van der Waals surface area contributed by atoms with E-state index >= 15 is 0 Å². The maximum absolute atomic E-state index is 12.0. The Morgan fingerprint density at radius 1 is 0.952 bits per heavy atom. The molecule has 0 aromatic rings. The predicted molar refractivity (Wildman–Crippen MR) is 87.2 cm³/mol. The van der Waals surface area contributed by atoms with Gasteiger partial charge in [-0.2, -0.15) is 0 Å². The highest BCUT2D eigenvalue weighted by atomic mass is 16.5. The number of carbonyl (C=O) groups is 1. The van der Waals surface area contributed by atoms with E-state index in [1.54, 1.807) is 0 Å². The molecule has 2 bridgehead atoms. The standard InChI is InChI=1S/C19H34O2/c1-2-3-4-5-6-7-8-15-21-18(20)16-19-12-9-17(10-13-19)11-14-19/h17H,2-16H2,1H3. The lowest BCUT2D eigenvalue weighted by Crippen LogP contribution is -2.36. The number of esters is 1. The minimum absolute atomic E-state index is 0.0707. The second-order valence-electron chi connectivity index (χ2n) is 7.50. The van der Waals surface area contributed by atoms with Gasteiger partial charge in [0.05, 0.1) is 13.0 Å². The summed E-state index contributed by atoms with van der Waals surface area (Å²) < 4.78 is 5.48. The van der Waals surface area contributed by atoms with Gasteiger partial charge in [-0.25, -0.2) is 0 Å². The first kappa shape index (κ1) is 16.8. The van der Waals surface area contributed by atoms with E-state index in [1.807, 2.05) is 0 Å². The zero-order chi connectivity index (χ0) is 15.0. The molecule has 0 heterocycles. The minimum Gasteiger partial charge on any atom is -0.466 e. The van der Waals surface area contributed by atoms with Gasteiger partial charge in [0.1, 0.15) is 0 Å². The Hall–Kier alpha value is -0.530. The molecule has 3 rings (SSSR count). The summed E-state index contributed by atoms with van der Waals surface area (Å²) in [6, 6.07) is 0.